The smallest absolute Gasteiger partial charge is 0.242 e. The lowest BCUT2D eigenvalue weighted by molar-refractivity contribution is -0.142. The van der Waals surface area contributed by atoms with Gasteiger partial charge in [0.15, 0.2) is 0 Å². The molecule has 0 saturated carbocycles. The third kappa shape index (κ3) is 8.45. The number of rotatable bonds is 7. The summed E-state index contributed by atoms with van der Waals surface area (Å²) in [6.45, 7) is 7.78. The fraction of sp³-hybridized carbons (Fsp3) is 0.762. The zero-order valence-electron chi connectivity index (χ0n) is 19.2. The largest absolute Gasteiger partial charge is 0.391 e. The minimum absolute atomic E-state index is 0.0627. The predicted octanol–water partition coefficient (Wildman–Crippen LogP) is -1.69. The average Bonchev–Trinajstić information content (AvgIpc) is 3.15. The first-order valence-electron chi connectivity index (χ1n) is 11.0. The fourth-order valence-corrected chi connectivity index (χ4v) is 3.58. The van der Waals surface area contributed by atoms with Crippen molar-refractivity contribution in [3.8, 4) is 0 Å². The predicted molar refractivity (Wildman–Crippen MR) is 115 cm³/mol. The Morgan fingerprint density at radius 3 is 1.88 bits per heavy atom. The van der Waals surface area contributed by atoms with Crippen molar-refractivity contribution in [2.45, 2.75) is 46.1 Å². The zero-order chi connectivity index (χ0) is 23.9. The van der Waals surface area contributed by atoms with Crippen LogP contribution in [0, 0.1) is 5.41 Å². The van der Waals surface area contributed by atoms with Gasteiger partial charge in [-0.15, -0.1) is 0 Å². The molecule has 11 heteroatoms. The van der Waals surface area contributed by atoms with Gasteiger partial charge in [0.05, 0.1) is 19.2 Å². The van der Waals surface area contributed by atoms with E-state index in [0.717, 1.165) is 0 Å². The number of carbonyl (C=O) groups is 5. The van der Waals surface area contributed by atoms with Crippen LogP contribution in [0.2, 0.25) is 0 Å². The molecule has 0 aromatic carbocycles. The summed E-state index contributed by atoms with van der Waals surface area (Å²) in [6.07, 6.45) is 0.0510. The van der Waals surface area contributed by atoms with Gasteiger partial charge in [0.25, 0.3) is 0 Å². The van der Waals surface area contributed by atoms with E-state index in [1.165, 1.54) is 4.90 Å². The topological polar surface area (TPSA) is 139 Å². The highest BCUT2D eigenvalue weighted by molar-refractivity contribution is 5.98. The van der Waals surface area contributed by atoms with Crippen LogP contribution in [0.5, 0.6) is 0 Å². The normalized spacial score (nSPS) is 19.0. The second-order valence-electron chi connectivity index (χ2n) is 9.51. The second kappa shape index (κ2) is 11.3. The highest BCUT2D eigenvalue weighted by atomic mass is 16.3. The van der Waals surface area contributed by atoms with Crippen LogP contribution in [-0.4, -0.2) is 108 Å². The molecule has 0 unspecified atom stereocenters. The van der Waals surface area contributed by atoms with Crippen molar-refractivity contribution < 1.29 is 29.1 Å². The summed E-state index contributed by atoms with van der Waals surface area (Å²) in [5.41, 5.74) is -0.0988. The monoisotopic (exact) mass is 453 g/mol. The molecule has 0 radical (unpaired) electrons. The maximum atomic E-state index is 12.3. The summed E-state index contributed by atoms with van der Waals surface area (Å²) >= 11 is 0. The Labute approximate surface area is 188 Å². The minimum atomic E-state index is -0.578. The Hall–Kier alpha value is -2.69. The molecule has 0 aromatic heterocycles. The number of piperazine rings is 1. The molecular weight excluding hydrogens is 418 g/mol. The third-order valence-corrected chi connectivity index (χ3v) is 5.38. The Kier molecular flexibility index (Phi) is 8.99. The SMILES string of the molecule is CC(C)(C)CC(=O)N1CCN(C(=O)CC(=O)NCC(=O)NCC(=O)N2CC[C@@H](O)C2)CC1. The van der Waals surface area contributed by atoms with Crippen LogP contribution in [0.4, 0.5) is 0 Å². The Balaban J connectivity index is 1.62. The lowest BCUT2D eigenvalue weighted by Gasteiger charge is -2.36. The number of carbonyl (C=O) groups excluding carboxylic acids is 5. The van der Waals surface area contributed by atoms with Crippen LogP contribution in [0.25, 0.3) is 0 Å². The number of β-amino-alcohol motifs (C(OH)–C–C–N with tert-alkyl or cyclic N) is 1. The highest BCUT2D eigenvalue weighted by Crippen LogP contribution is 2.20. The van der Waals surface area contributed by atoms with Crippen molar-refractivity contribution in [1.29, 1.82) is 0 Å². The van der Waals surface area contributed by atoms with Crippen molar-refractivity contribution >= 4 is 29.5 Å². The van der Waals surface area contributed by atoms with E-state index < -0.39 is 17.9 Å². The Morgan fingerprint density at radius 2 is 1.34 bits per heavy atom. The number of hydrogen-bond acceptors (Lipinski definition) is 6. The second-order valence-corrected chi connectivity index (χ2v) is 9.51. The standard InChI is InChI=1S/C21H35N5O6/c1-21(2,3)11-19(31)25-8-6-24(7-9-25)18(30)10-16(28)22-12-17(29)23-13-20(32)26-5-4-15(27)14-26/h15,27H,4-14H2,1-3H3,(H,22,28)(H,23,29)/t15-/m1/s1. The van der Waals surface area contributed by atoms with Crippen molar-refractivity contribution in [3.63, 3.8) is 0 Å². The van der Waals surface area contributed by atoms with Crippen molar-refractivity contribution in [3.05, 3.63) is 0 Å². The van der Waals surface area contributed by atoms with E-state index in [-0.39, 0.29) is 49.2 Å². The molecule has 2 aliphatic rings. The molecule has 2 aliphatic heterocycles. The van der Waals surface area contributed by atoms with Crippen molar-refractivity contribution in [1.82, 2.24) is 25.3 Å². The molecule has 2 rings (SSSR count). The lowest BCUT2D eigenvalue weighted by atomic mass is 9.91. The maximum absolute atomic E-state index is 12.3. The first-order chi connectivity index (χ1) is 14.9. The van der Waals surface area contributed by atoms with E-state index in [1.54, 1.807) is 9.80 Å². The summed E-state index contributed by atoms with van der Waals surface area (Å²) < 4.78 is 0. The Bertz CT molecular complexity index is 727. The molecule has 11 nitrogen and oxygen atoms in total. The summed E-state index contributed by atoms with van der Waals surface area (Å²) in [5.74, 6) is -1.70. The number of aliphatic hydroxyl groups is 1. The van der Waals surface area contributed by atoms with Crippen molar-refractivity contribution in [2.75, 3.05) is 52.4 Å². The van der Waals surface area contributed by atoms with Crippen LogP contribution in [0.15, 0.2) is 0 Å². The molecule has 2 saturated heterocycles. The maximum Gasteiger partial charge on any atom is 0.242 e. The molecule has 2 fully saturated rings. The van der Waals surface area contributed by atoms with Gasteiger partial charge >= 0.3 is 0 Å². The fourth-order valence-electron chi connectivity index (χ4n) is 3.58. The van der Waals surface area contributed by atoms with Gasteiger partial charge in [-0.2, -0.15) is 0 Å². The van der Waals surface area contributed by atoms with Gasteiger partial charge in [-0.3, -0.25) is 24.0 Å². The molecule has 0 bridgehead atoms. The van der Waals surface area contributed by atoms with Gasteiger partial charge in [0, 0.05) is 45.7 Å². The molecule has 180 valence electrons. The molecule has 2 heterocycles. The first-order valence-corrected chi connectivity index (χ1v) is 11.0. The third-order valence-electron chi connectivity index (χ3n) is 5.38. The number of nitrogens with zero attached hydrogens (tertiary/aromatic N) is 3. The van der Waals surface area contributed by atoms with Gasteiger partial charge in [0.2, 0.25) is 29.5 Å². The molecular formula is C21H35N5O6. The van der Waals surface area contributed by atoms with Crippen LogP contribution >= 0.6 is 0 Å². The van der Waals surface area contributed by atoms with E-state index in [0.29, 0.717) is 45.6 Å². The molecule has 5 amide bonds. The zero-order valence-corrected chi connectivity index (χ0v) is 19.2. The number of nitrogens with one attached hydrogen (secondary N) is 2. The Morgan fingerprint density at radius 1 is 0.781 bits per heavy atom. The van der Waals surface area contributed by atoms with E-state index in [9.17, 15) is 29.1 Å². The first kappa shape index (κ1) is 25.6. The van der Waals surface area contributed by atoms with E-state index in [2.05, 4.69) is 10.6 Å². The van der Waals surface area contributed by atoms with Gasteiger partial charge in [-0.25, -0.2) is 0 Å². The lowest BCUT2D eigenvalue weighted by Crippen LogP contribution is -2.51. The number of likely N-dealkylation sites (tertiary alicyclic amines) is 1. The summed E-state index contributed by atoms with van der Waals surface area (Å²) in [7, 11) is 0. The molecule has 0 spiro atoms. The summed E-state index contributed by atoms with van der Waals surface area (Å²) in [4.78, 5) is 65.2. The quantitative estimate of drug-likeness (QED) is 0.393. The van der Waals surface area contributed by atoms with Crippen LogP contribution in [0.3, 0.4) is 0 Å². The van der Waals surface area contributed by atoms with E-state index in [4.69, 9.17) is 0 Å². The van der Waals surface area contributed by atoms with Gasteiger partial charge in [-0.05, 0) is 11.8 Å². The average molecular weight is 454 g/mol. The minimum Gasteiger partial charge on any atom is -0.391 e. The number of aliphatic hydroxyl groups excluding tert-OH is 1. The van der Waals surface area contributed by atoms with Gasteiger partial charge in [0.1, 0.15) is 6.42 Å². The van der Waals surface area contributed by atoms with Gasteiger partial charge in [-0.1, -0.05) is 20.8 Å². The van der Waals surface area contributed by atoms with Crippen molar-refractivity contribution in [2.24, 2.45) is 5.41 Å². The molecule has 32 heavy (non-hydrogen) atoms. The summed E-state index contributed by atoms with van der Waals surface area (Å²) in [5, 5.41) is 14.2. The van der Waals surface area contributed by atoms with Gasteiger partial charge < -0.3 is 30.4 Å². The van der Waals surface area contributed by atoms with Crippen LogP contribution < -0.4 is 10.6 Å². The van der Waals surface area contributed by atoms with Crippen LogP contribution in [0.1, 0.15) is 40.0 Å². The molecule has 0 aliphatic carbocycles. The number of hydrogen-bond donors (Lipinski definition) is 3. The molecule has 3 N–H and O–H groups in total. The molecule has 1 atom stereocenters. The molecule has 0 aromatic rings. The van der Waals surface area contributed by atoms with Crippen LogP contribution in [-0.2, 0) is 24.0 Å². The summed E-state index contributed by atoms with van der Waals surface area (Å²) in [6, 6.07) is 0. The van der Waals surface area contributed by atoms with E-state index in [1.807, 2.05) is 20.8 Å². The number of amides is 5. The van der Waals surface area contributed by atoms with E-state index >= 15 is 0 Å². The highest BCUT2D eigenvalue weighted by Gasteiger charge is 2.28.